The first-order valence-corrected chi connectivity index (χ1v) is 8.86. The van der Waals surface area contributed by atoms with Crippen LogP contribution >= 0.6 is 0 Å². The van der Waals surface area contributed by atoms with Crippen molar-refractivity contribution in [3.8, 4) is 11.5 Å². The fraction of sp³-hybridized carbons (Fsp3) is 0.450. The highest BCUT2D eigenvalue weighted by Crippen LogP contribution is 2.29. The Kier molecular flexibility index (Phi) is 6.25. The average Bonchev–Trinajstić information content (AvgIpc) is 3.06. The summed E-state index contributed by atoms with van der Waals surface area (Å²) in [4.78, 5) is 6.55. The van der Waals surface area contributed by atoms with Crippen LogP contribution in [0.1, 0.15) is 24.0 Å². The minimum atomic E-state index is 0.480. The van der Waals surface area contributed by atoms with Gasteiger partial charge in [0.15, 0.2) is 11.5 Å². The summed E-state index contributed by atoms with van der Waals surface area (Å²) in [5.74, 6) is 1.52. The van der Waals surface area contributed by atoms with E-state index in [0.717, 1.165) is 30.2 Å². The third-order valence-corrected chi connectivity index (χ3v) is 4.73. The average molecular weight is 341 g/mol. The van der Waals surface area contributed by atoms with E-state index in [1.54, 1.807) is 13.3 Å². The van der Waals surface area contributed by atoms with Crippen LogP contribution in [-0.4, -0.2) is 43.2 Å². The van der Waals surface area contributed by atoms with Crippen LogP contribution in [0.25, 0.3) is 0 Å². The van der Waals surface area contributed by atoms with Gasteiger partial charge in [-0.3, -0.25) is 4.98 Å². The van der Waals surface area contributed by atoms with Gasteiger partial charge in [0.25, 0.3) is 0 Å². The number of benzene rings is 1. The predicted molar refractivity (Wildman–Crippen MR) is 98.9 cm³/mol. The van der Waals surface area contributed by atoms with Gasteiger partial charge in [0, 0.05) is 37.1 Å². The first kappa shape index (κ1) is 17.7. The summed E-state index contributed by atoms with van der Waals surface area (Å²) in [5.41, 5.74) is 2.24. The van der Waals surface area contributed by atoms with Gasteiger partial charge in [-0.2, -0.15) is 0 Å². The van der Waals surface area contributed by atoms with Crippen LogP contribution in [0.2, 0.25) is 0 Å². The zero-order chi connectivity index (χ0) is 17.5. The molecule has 1 aromatic heterocycles. The number of aromatic nitrogens is 1. The van der Waals surface area contributed by atoms with Gasteiger partial charge in [-0.15, -0.1) is 0 Å². The first-order chi connectivity index (χ1) is 12.3. The number of pyridine rings is 1. The summed E-state index contributed by atoms with van der Waals surface area (Å²) < 4.78 is 11.4. The Bertz CT molecular complexity index is 663. The fourth-order valence-electron chi connectivity index (χ4n) is 3.21. The van der Waals surface area contributed by atoms with E-state index in [2.05, 4.69) is 34.4 Å². The number of nitrogens with one attached hydrogen (secondary N) is 1. The maximum Gasteiger partial charge on any atom is 0.161 e. The third-order valence-electron chi connectivity index (χ3n) is 4.73. The van der Waals surface area contributed by atoms with Crippen molar-refractivity contribution in [3.05, 3.63) is 53.9 Å². The van der Waals surface area contributed by atoms with E-state index >= 15 is 0 Å². The van der Waals surface area contributed by atoms with Crippen molar-refractivity contribution >= 4 is 0 Å². The molecule has 134 valence electrons. The second-order valence-electron chi connectivity index (χ2n) is 6.54. The van der Waals surface area contributed by atoms with Gasteiger partial charge in [0.1, 0.15) is 6.61 Å². The Morgan fingerprint density at radius 2 is 2.16 bits per heavy atom. The lowest BCUT2D eigenvalue weighted by Crippen LogP contribution is -2.35. The number of hydrogen-bond donors (Lipinski definition) is 1. The molecule has 3 rings (SSSR count). The molecule has 25 heavy (non-hydrogen) atoms. The normalized spacial score (nSPS) is 17.6. The number of likely N-dealkylation sites (tertiary alicyclic amines) is 1. The molecule has 1 saturated heterocycles. The van der Waals surface area contributed by atoms with Gasteiger partial charge in [-0.1, -0.05) is 12.1 Å². The van der Waals surface area contributed by atoms with Gasteiger partial charge >= 0.3 is 0 Å². The van der Waals surface area contributed by atoms with Crippen molar-refractivity contribution in [2.24, 2.45) is 0 Å². The maximum atomic E-state index is 5.95. The molecule has 0 spiro atoms. The third kappa shape index (κ3) is 4.94. The molecule has 1 fully saturated rings. The van der Waals surface area contributed by atoms with E-state index < -0.39 is 0 Å². The van der Waals surface area contributed by atoms with Crippen LogP contribution in [0.4, 0.5) is 0 Å². The highest BCUT2D eigenvalue weighted by molar-refractivity contribution is 5.43. The molecule has 0 bridgehead atoms. The molecule has 1 aliphatic heterocycles. The lowest BCUT2D eigenvalue weighted by Gasteiger charge is -2.20. The minimum Gasteiger partial charge on any atom is -0.493 e. The van der Waals surface area contributed by atoms with Crippen LogP contribution in [-0.2, 0) is 13.2 Å². The molecule has 5 heteroatoms. The second-order valence-corrected chi connectivity index (χ2v) is 6.54. The number of likely N-dealkylation sites (N-methyl/N-ethyl adjacent to an activating group) is 1. The summed E-state index contributed by atoms with van der Waals surface area (Å²) in [6.45, 7) is 3.54. The molecule has 1 N–H and O–H groups in total. The van der Waals surface area contributed by atoms with Gasteiger partial charge in [0.2, 0.25) is 0 Å². The Morgan fingerprint density at radius 3 is 2.88 bits per heavy atom. The number of ether oxygens (including phenoxy) is 2. The SMILES string of the molecule is COc1ccc(CNC[C@@H]2CCCN2C)cc1OCc1cccnc1. The molecule has 1 aliphatic rings. The first-order valence-electron chi connectivity index (χ1n) is 8.86. The largest absolute Gasteiger partial charge is 0.493 e. The Balaban J connectivity index is 1.57. The lowest BCUT2D eigenvalue weighted by atomic mass is 10.2. The Labute approximate surface area is 150 Å². The van der Waals surface area contributed by atoms with Crippen molar-refractivity contribution in [2.45, 2.75) is 32.0 Å². The van der Waals surface area contributed by atoms with Crippen LogP contribution in [0, 0.1) is 0 Å². The van der Waals surface area contributed by atoms with E-state index in [-0.39, 0.29) is 0 Å². The molecular weight excluding hydrogens is 314 g/mol. The van der Waals surface area contributed by atoms with Gasteiger partial charge in [-0.05, 0) is 50.2 Å². The Morgan fingerprint density at radius 1 is 1.24 bits per heavy atom. The van der Waals surface area contributed by atoms with Crippen molar-refractivity contribution < 1.29 is 9.47 Å². The van der Waals surface area contributed by atoms with Crippen molar-refractivity contribution in [1.29, 1.82) is 0 Å². The number of hydrogen-bond acceptors (Lipinski definition) is 5. The summed E-state index contributed by atoms with van der Waals surface area (Å²) in [6, 6.07) is 10.7. The Hall–Kier alpha value is -2.11. The predicted octanol–water partition coefficient (Wildman–Crippen LogP) is 2.85. The summed E-state index contributed by atoms with van der Waals surface area (Å²) in [6.07, 6.45) is 6.16. The number of methoxy groups -OCH3 is 1. The highest BCUT2D eigenvalue weighted by atomic mass is 16.5. The standard InChI is InChI=1S/C20H27N3O2/c1-23-10-4-6-18(23)14-22-12-16-7-8-19(24-2)20(11-16)25-15-17-5-3-9-21-13-17/h3,5,7-9,11,13,18,22H,4,6,10,12,14-15H2,1-2H3/t18-/m0/s1. The van der Waals surface area contributed by atoms with Crippen LogP contribution in [0.15, 0.2) is 42.7 Å². The lowest BCUT2D eigenvalue weighted by molar-refractivity contribution is 0.283. The summed E-state index contributed by atoms with van der Waals surface area (Å²) in [5, 5.41) is 3.56. The van der Waals surface area contributed by atoms with Crippen molar-refractivity contribution in [3.63, 3.8) is 0 Å². The van der Waals surface area contributed by atoms with E-state index in [1.165, 1.54) is 24.9 Å². The molecular formula is C20H27N3O2. The maximum absolute atomic E-state index is 5.95. The second kappa shape index (κ2) is 8.83. The molecule has 2 heterocycles. The quantitative estimate of drug-likeness (QED) is 0.800. The van der Waals surface area contributed by atoms with E-state index in [9.17, 15) is 0 Å². The van der Waals surface area contributed by atoms with Crippen molar-refractivity contribution in [2.75, 3.05) is 27.2 Å². The zero-order valence-corrected chi connectivity index (χ0v) is 15.1. The molecule has 0 amide bonds. The topological polar surface area (TPSA) is 46.6 Å². The fourth-order valence-corrected chi connectivity index (χ4v) is 3.21. The molecule has 2 aromatic rings. The van der Waals surface area contributed by atoms with Crippen LogP contribution in [0.3, 0.4) is 0 Å². The van der Waals surface area contributed by atoms with Gasteiger partial charge in [-0.25, -0.2) is 0 Å². The van der Waals surface area contributed by atoms with Gasteiger partial charge < -0.3 is 19.7 Å². The van der Waals surface area contributed by atoms with Crippen LogP contribution < -0.4 is 14.8 Å². The molecule has 5 nitrogen and oxygen atoms in total. The number of nitrogens with zero attached hydrogens (tertiary/aromatic N) is 2. The smallest absolute Gasteiger partial charge is 0.161 e. The number of rotatable bonds is 8. The van der Waals surface area contributed by atoms with Crippen LogP contribution in [0.5, 0.6) is 11.5 Å². The monoisotopic (exact) mass is 341 g/mol. The molecule has 0 unspecified atom stereocenters. The zero-order valence-electron chi connectivity index (χ0n) is 15.1. The highest BCUT2D eigenvalue weighted by Gasteiger charge is 2.19. The van der Waals surface area contributed by atoms with E-state index in [0.29, 0.717) is 12.6 Å². The summed E-state index contributed by atoms with van der Waals surface area (Å²) in [7, 11) is 3.87. The van der Waals surface area contributed by atoms with E-state index in [4.69, 9.17) is 9.47 Å². The molecule has 1 aromatic carbocycles. The van der Waals surface area contributed by atoms with Crippen molar-refractivity contribution in [1.82, 2.24) is 15.2 Å². The minimum absolute atomic E-state index is 0.480. The molecule has 1 atom stereocenters. The van der Waals surface area contributed by atoms with Gasteiger partial charge in [0.05, 0.1) is 7.11 Å². The van der Waals surface area contributed by atoms with E-state index in [1.807, 2.05) is 24.4 Å². The molecule has 0 aliphatic carbocycles. The molecule has 0 saturated carbocycles. The summed E-state index contributed by atoms with van der Waals surface area (Å²) >= 11 is 0. The molecule has 0 radical (unpaired) electrons.